The molecule has 1 aliphatic rings. The molecule has 3 heteroatoms. The van der Waals surface area contributed by atoms with Crippen LogP contribution in [-0.4, -0.2) is 23.0 Å². The van der Waals surface area contributed by atoms with E-state index in [-0.39, 0.29) is 0 Å². The largest absolute Gasteiger partial charge is 0.448 e. The molecule has 2 rings (SSSR count). The van der Waals surface area contributed by atoms with Crippen molar-refractivity contribution < 1.29 is 4.42 Å². The number of piperidine rings is 1. The van der Waals surface area contributed by atoms with Crippen molar-refractivity contribution in [2.24, 2.45) is 11.3 Å². The first-order valence-corrected chi connectivity index (χ1v) is 6.16. The third kappa shape index (κ3) is 2.85. The molecule has 0 radical (unpaired) electrons. The lowest BCUT2D eigenvalue weighted by Gasteiger charge is -2.38. The van der Waals surface area contributed by atoms with Gasteiger partial charge < -0.3 is 4.42 Å². The van der Waals surface area contributed by atoms with Crippen molar-refractivity contribution in [3.8, 4) is 0 Å². The Kier molecular flexibility index (Phi) is 3.33. The van der Waals surface area contributed by atoms with E-state index in [1.54, 1.807) is 12.5 Å². The summed E-state index contributed by atoms with van der Waals surface area (Å²) in [6.07, 6.45) is 5.96. The molecule has 1 aliphatic heterocycles. The maximum Gasteiger partial charge on any atom is 0.208 e. The number of rotatable bonds is 2. The van der Waals surface area contributed by atoms with Crippen LogP contribution in [0, 0.1) is 11.3 Å². The second kappa shape index (κ2) is 4.58. The average molecular weight is 222 g/mol. The number of hydrogen-bond acceptors (Lipinski definition) is 3. The van der Waals surface area contributed by atoms with Crippen molar-refractivity contribution in [3.05, 3.63) is 18.4 Å². The molecule has 0 aromatic carbocycles. The maximum atomic E-state index is 5.28. The van der Waals surface area contributed by atoms with Crippen molar-refractivity contribution in [1.29, 1.82) is 0 Å². The average Bonchev–Trinajstić information content (AvgIpc) is 2.70. The van der Waals surface area contributed by atoms with Crippen molar-refractivity contribution in [2.75, 3.05) is 13.1 Å². The fourth-order valence-corrected chi connectivity index (χ4v) is 2.48. The SMILES string of the molecule is CC(C)(C)C1CCN(Cc2ncco2)CC1. The van der Waals surface area contributed by atoms with E-state index in [1.165, 1.54) is 25.9 Å². The fraction of sp³-hybridized carbons (Fsp3) is 0.769. The molecule has 0 unspecified atom stereocenters. The number of hydrogen-bond donors (Lipinski definition) is 0. The molecule has 0 aliphatic carbocycles. The topological polar surface area (TPSA) is 29.3 Å². The molecule has 1 aromatic heterocycles. The standard InChI is InChI=1S/C13H22N2O/c1-13(2,3)11-4-7-15(8-5-11)10-12-14-6-9-16-12/h6,9,11H,4-5,7-8,10H2,1-3H3. The van der Waals surface area contributed by atoms with Gasteiger partial charge in [-0.1, -0.05) is 20.8 Å². The molecule has 3 nitrogen and oxygen atoms in total. The van der Waals surface area contributed by atoms with E-state index in [2.05, 4.69) is 30.7 Å². The van der Waals surface area contributed by atoms with Crippen LogP contribution < -0.4 is 0 Å². The van der Waals surface area contributed by atoms with Gasteiger partial charge in [0.1, 0.15) is 6.26 Å². The first kappa shape index (κ1) is 11.6. The summed E-state index contributed by atoms with van der Waals surface area (Å²) in [6.45, 7) is 10.3. The number of aromatic nitrogens is 1. The summed E-state index contributed by atoms with van der Waals surface area (Å²) < 4.78 is 5.28. The van der Waals surface area contributed by atoms with Crippen LogP contribution in [-0.2, 0) is 6.54 Å². The highest BCUT2D eigenvalue weighted by atomic mass is 16.3. The predicted molar refractivity (Wildman–Crippen MR) is 64.0 cm³/mol. The lowest BCUT2D eigenvalue weighted by atomic mass is 9.75. The molecular formula is C13H22N2O. The van der Waals surface area contributed by atoms with E-state index < -0.39 is 0 Å². The summed E-state index contributed by atoms with van der Waals surface area (Å²) in [6, 6.07) is 0. The molecule has 0 bridgehead atoms. The van der Waals surface area contributed by atoms with E-state index in [4.69, 9.17) is 4.42 Å². The van der Waals surface area contributed by atoms with E-state index in [0.717, 1.165) is 18.4 Å². The highest BCUT2D eigenvalue weighted by Gasteiger charge is 2.28. The van der Waals surface area contributed by atoms with Crippen LogP contribution in [0.5, 0.6) is 0 Å². The first-order valence-electron chi connectivity index (χ1n) is 6.16. The Hall–Kier alpha value is -0.830. The Bertz CT molecular complexity index is 305. The molecule has 0 saturated carbocycles. The zero-order valence-corrected chi connectivity index (χ0v) is 10.6. The Morgan fingerprint density at radius 3 is 2.56 bits per heavy atom. The fourth-order valence-electron chi connectivity index (χ4n) is 2.48. The molecule has 90 valence electrons. The smallest absolute Gasteiger partial charge is 0.208 e. The van der Waals surface area contributed by atoms with E-state index in [0.29, 0.717) is 5.41 Å². The predicted octanol–water partition coefficient (Wildman–Crippen LogP) is 2.93. The molecule has 0 atom stereocenters. The molecule has 0 N–H and O–H groups in total. The van der Waals surface area contributed by atoms with Crippen LogP contribution >= 0.6 is 0 Å². The summed E-state index contributed by atoms with van der Waals surface area (Å²) in [5.41, 5.74) is 0.453. The molecule has 0 amide bonds. The Morgan fingerprint density at radius 2 is 2.06 bits per heavy atom. The zero-order chi connectivity index (χ0) is 11.6. The van der Waals surface area contributed by atoms with Gasteiger partial charge in [-0.05, 0) is 37.3 Å². The lowest BCUT2D eigenvalue weighted by molar-refractivity contribution is 0.102. The minimum Gasteiger partial charge on any atom is -0.448 e. The molecule has 2 heterocycles. The third-order valence-electron chi connectivity index (χ3n) is 3.65. The maximum absolute atomic E-state index is 5.28. The van der Waals surface area contributed by atoms with Crippen LogP contribution in [0.2, 0.25) is 0 Å². The van der Waals surface area contributed by atoms with Crippen LogP contribution in [0.25, 0.3) is 0 Å². The van der Waals surface area contributed by atoms with Gasteiger partial charge in [-0.15, -0.1) is 0 Å². The zero-order valence-electron chi connectivity index (χ0n) is 10.6. The van der Waals surface area contributed by atoms with Gasteiger partial charge in [-0.2, -0.15) is 0 Å². The highest BCUT2D eigenvalue weighted by Crippen LogP contribution is 2.34. The van der Waals surface area contributed by atoms with Crippen molar-refractivity contribution >= 4 is 0 Å². The Morgan fingerprint density at radius 1 is 1.38 bits per heavy atom. The van der Waals surface area contributed by atoms with Crippen molar-refractivity contribution in [2.45, 2.75) is 40.2 Å². The minimum atomic E-state index is 0.453. The van der Waals surface area contributed by atoms with Gasteiger partial charge in [0.05, 0.1) is 12.7 Å². The second-order valence-corrected chi connectivity index (χ2v) is 5.84. The van der Waals surface area contributed by atoms with Gasteiger partial charge in [-0.25, -0.2) is 4.98 Å². The van der Waals surface area contributed by atoms with Gasteiger partial charge in [-0.3, -0.25) is 4.90 Å². The highest BCUT2D eigenvalue weighted by molar-refractivity contribution is 4.84. The minimum absolute atomic E-state index is 0.453. The van der Waals surface area contributed by atoms with Gasteiger partial charge >= 0.3 is 0 Å². The molecular weight excluding hydrogens is 200 g/mol. The molecule has 1 saturated heterocycles. The lowest BCUT2D eigenvalue weighted by Crippen LogP contribution is -2.37. The van der Waals surface area contributed by atoms with E-state index in [1.807, 2.05) is 0 Å². The monoisotopic (exact) mass is 222 g/mol. The summed E-state index contributed by atoms with van der Waals surface area (Å²) in [5, 5.41) is 0. The van der Waals surface area contributed by atoms with Gasteiger partial charge in [0.25, 0.3) is 0 Å². The molecule has 1 fully saturated rings. The molecule has 1 aromatic rings. The summed E-state index contributed by atoms with van der Waals surface area (Å²) in [4.78, 5) is 6.61. The number of likely N-dealkylation sites (tertiary alicyclic amines) is 1. The van der Waals surface area contributed by atoms with Crippen molar-refractivity contribution in [3.63, 3.8) is 0 Å². The van der Waals surface area contributed by atoms with E-state index >= 15 is 0 Å². The third-order valence-corrected chi connectivity index (χ3v) is 3.65. The normalized spacial score (nSPS) is 20.2. The second-order valence-electron chi connectivity index (χ2n) is 5.84. The quantitative estimate of drug-likeness (QED) is 0.770. The van der Waals surface area contributed by atoms with Gasteiger partial charge in [0, 0.05) is 0 Å². The number of oxazole rings is 1. The van der Waals surface area contributed by atoms with Gasteiger partial charge in [0.2, 0.25) is 5.89 Å². The number of nitrogens with zero attached hydrogens (tertiary/aromatic N) is 2. The van der Waals surface area contributed by atoms with Crippen LogP contribution in [0.1, 0.15) is 39.5 Å². The van der Waals surface area contributed by atoms with Crippen LogP contribution in [0.3, 0.4) is 0 Å². The van der Waals surface area contributed by atoms with Gasteiger partial charge in [0.15, 0.2) is 0 Å². The Labute approximate surface area is 97.8 Å². The first-order chi connectivity index (χ1) is 7.55. The summed E-state index contributed by atoms with van der Waals surface area (Å²) >= 11 is 0. The van der Waals surface area contributed by atoms with Crippen molar-refractivity contribution in [1.82, 2.24) is 9.88 Å². The Balaban J connectivity index is 1.82. The molecule has 0 spiro atoms. The summed E-state index contributed by atoms with van der Waals surface area (Å²) in [5.74, 6) is 1.70. The summed E-state index contributed by atoms with van der Waals surface area (Å²) in [7, 11) is 0. The molecule has 16 heavy (non-hydrogen) atoms. The van der Waals surface area contributed by atoms with E-state index in [9.17, 15) is 0 Å². The van der Waals surface area contributed by atoms with Crippen LogP contribution in [0.15, 0.2) is 16.9 Å². The van der Waals surface area contributed by atoms with Crippen LogP contribution in [0.4, 0.5) is 0 Å².